The van der Waals surface area contributed by atoms with Crippen molar-refractivity contribution >= 4 is 47.2 Å². The van der Waals surface area contributed by atoms with Crippen molar-refractivity contribution in [1.82, 2.24) is 16.0 Å². The zero-order chi connectivity index (χ0) is 25.0. The van der Waals surface area contributed by atoms with Crippen molar-refractivity contribution in [2.24, 2.45) is 11.7 Å². The van der Waals surface area contributed by atoms with Crippen molar-refractivity contribution in [3.8, 4) is 0 Å². The van der Waals surface area contributed by atoms with Crippen LogP contribution >= 0.6 is 11.8 Å². The lowest BCUT2D eigenvalue weighted by molar-refractivity contribution is -0.139. The Bertz CT molecular complexity index is 740. The number of carboxylic acids is 2. The lowest BCUT2D eigenvalue weighted by atomic mass is 9.87. The summed E-state index contributed by atoms with van der Waals surface area (Å²) in [4.78, 5) is 70.0. The van der Waals surface area contributed by atoms with Gasteiger partial charge in [-0.1, -0.05) is 6.92 Å². The molecule has 12 nitrogen and oxygen atoms in total. The van der Waals surface area contributed by atoms with Crippen LogP contribution in [0, 0.1) is 5.92 Å². The van der Waals surface area contributed by atoms with Crippen molar-refractivity contribution < 1.29 is 39.0 Å². The van der Waals surface area contributed by atoms with Gasteiger partial charge < -0.3 is 31.9 Å². The Balaban J connectivity index is 2.54. The summed E-state index contributed by atoms with van der Waals surface area (Å²) in [5.41, 5.74) is 5.35. The first kappa shape index (κ1) is 28.4. The number of hydrogen-bond acceptors (Lipinski definition) is 8. The van der Waals surface area contributed by atoms with Crippen LogP contribution in [-0.4, -0.2) is 81.8 Å². The number of carbonyl (C=O) groups excluding carboxylic acids is 4. The highest BCUT2D eigenvalue weighted by Gasteiger charge is 2.25. The Kier molecular flexibility index (Phi) is 12.4. The molecule has 0 aromatic rings. The summed E-state index contributed by atoms with van der Waals surface area (Å²) in [6.45, 7) is 1.48. The van der Waals surface area contributed by atoms with E-state index in [0.29, 0.717) is 5.92 Å². The van der Waals surface area contributed by atoms with E-state index < -0.39 is 54.1 Å². The quantitative estimate of drug-likeness (QED) is 0.162. The summed E-state index contributed by atoms with van der Waals surface area (Å²) in [5, 5.41) is 24.7. The maximum absolute atomic E-state index is 12.2. The van der Waals surface area contributed by atoms with Gasteiger partial charge in [0.1, 0.15) is 18.6 Å². The number of ketones is 1. The lowest BCUT2D eigenvalue weighted by Crippen LogP contribution is -2.49. The van der Waals surface area contributed by atoms with E-state index in [1.807, 2.05) is 0 Å². The number of nitrogens with one attached hydrogen (secondary N) is 3. The standard InChI is InChI=1S/C20H32N4O8S/c1-11-2-4-12(5-3-11)23-19(30)15(25)10-33-9-14(18(29)22-8-17(27)28)24-16(26)7-6-13(21)20(31)32/h11-14H,2-10,21H2,1H3,(H,22,29)(H,23,30)(H,24,26)(H,27,28)(H,31,32). The van der Waals surface area contributed by atoms with Gasteiger partial charge in [-0.15, -0.1) is 0 Å². The lowest BCUT2D eigenvalue weighted by Gasteiger charge is -2.26. The molecule has 33 heavy (non-hydrogen) atoms. The fourth-order valence-corrected chi connectivity index (χ4v) is 4.06. The molecule has 0 radical (unpaired) electrons. The van der Waals surface area contributed by atoms with Crippen molar-refractivity contribution in [3.63, 3.8) is 0 Å². The third-order valence-corrected chi connectivity index (χ3v) is 6.22. The van der Waals surface area contributed by atoms with E-state index in [4.69, 9.17) is 15.9 Å². The summed E-state index contributed by atoms with van der Waals surface area (Å²) < 4.78 is 0. The summed E-state index contributed by atoms with van der Waals surface area (Å²) in [6.07, 6.45) is 3.18. The van der Waals surface area contributed by atoms with E-state index in [-0.39, 0.29) is 30.4 Å². The molecule has 0 heterocycles. The summed E-state index contributed by atoms with van der Waals surface area (Å²) in [6, 6.07) is -2.46. The largest absolute Gasteiger partial charge is 0.480 e. The highest BCUT2D eigenvalue weighted by Crippen LogP contribution is 2.23. The maximum Gasteiger partial charge on any atom is 0.322 e. The fourth-order valence-electron chi connectivity index (χ4n) is 3.15. The van der Waals surface area contributed by atoms with Crippen LogP contribution in [-0.2, 0) is 28.8 Å². The molecule has 0 aromatic heterocycles. The van der Waals surface area contributed by atoms with Gasteiger partial charge in [0.05, 0.1) is 5.75 Å². The second kappa shape index (κ2) is 14.5. The van der Waals surface area contributed by atoms with Crippen molar-refractivity contribution in [1.29, 1.82) is 0 Å². The van der Waals surface area contributed by atoms with Crippen LogP contribution in [0.2, 0.25) is 0 Å². The predicted octanol–water partition coefficient (Wildman–Crippen LogP) is -1.14. The molecule has 0 spiro atoms. The van der Waals surface area contributed by atoms with Crippen LogP contribution in [0.1, 0.15) is 45.4 Å². The van der Waals surface area contributed by atoms with E-state index >= 15 is 0 Å². The average Bonchev–Trinajstić information content (AvgIpc) is 2.76. The Morgan fingerprint density at radius 1 is 1.06 bits per heavy atom. The molecule has 2 unspecified atom stereocenters. The zero-order valence-corrected chi connectivity index (χ0v) is 19.3. The molecule has 1 rings (SSSR count). The van der Waals surface area contributed by atoms with Crippen LogP contribution in [0.15, 0.2) is 0 Å². The van der Waals surface area contributed by atoms with Gasteiger partial charge in [-0.2, -0.15) is 11.8 Å². The second-order valence-electron chi connectivity index (χ2n) is 8.08. The first-order valence-electron chi connectivity index (χ1n) is 10.7. The Hall–Kier alpha value is -2.67. The number of hydrogen-bond donors (Lipinski definition) is 6. The molecule has 1 fully saturated rings. The number of Topliss-reactive ketones (excluding diaryl/α,β-unsaturated/α-hetero) is 1. The highest BCUT2D eigenvalue weighted by atomic mass is 32.2. The normalized spacial score (nSPS) is 19.6. The minimum Gasteiger partial charge on any atom is -0.480 e. The molecule has 1 aliphatic carbocycles. The number of amides is 3. The van der Waals surface area contributed by atoms with E-state index in [2.05, 4.69) is 22.9 Å². The molecule has 7 N–H and O–H groups in total. The third-order valence-electron chi connectivity index (χ3n) is 5.19. The molecular formula is C20H32N4O8S. The first-order chi connectivity index (χ1) is 15.5. The van der Waals surface area contributed by atoms with Crippen molar-refractivity contribution in [2.45, 2.75) is 63.6 Å². The van der Waals surface area contributed by atoms with E-state index in [0.717, 1.165) is 37.4 Å². The Morgan fingerprint density at radius 2 is 1.70 bits per heavy atom. The van der Waals surface area contributed by atoms with Gasteiger partial charge in [0.2, 0.25) is 17.6 Å². The van der Waals surface area contributed by atoms with E-state index in [1.54, 1.807) is 0 Å². The van der Waals surface area contributed by atoms with Crippen LogP contribution in [0.3, 0.4) is 0 Å². The third kappa shape index (κ3) is 11.7. The number of thioether (sulfide) groups is 1. The van der Waals surface area contributed by atoms with Crippen molar-refractivity contribution in [3.05, 3.63) is 0 Å². The summed E-state index contributed by atoms with van der Waals surface area (Å²) >= 11 is 0.942. The van der Waals surface area contributed by atoms with Gasteiger partial charge in [0.15, 0.2) is 0 Å². The number of carboxylic acid groups (broad SMARTS) is 2. The maximum atomic E-state index is 12.2. The molecule has 186 valence electrons. The van der Waals surface area contributed by atoms with E-state index in [9.17, 15) is 28.8 Å². The topological polar surface area (TPSA) is 205 Å². The van der Waals surface area contributed by atoms with Gasteiger partial charge in [-0.05, 0) is 38.0 Å². The minimum atomic E-state index is -1.28. The zero-order valence-electron chi connectivity index (χ0n) is 18.5. The fraction of sp³-hybridized carbons (Fsp3) is 0.700. The minimum absolute atomic E-state index is 0.0337. The Morgan fingerprint density at radius 3 is 2.27 bits per heavy atom. The molecule has 0 bridgehead atoms. The number of carbonyl (C=O) groups is 6. The van der Waals surface area contributed by atoms with Gasteiger partial charge >= 0.3 is 11.9 Å². The van der Waals surface area contributed by atoms with Crippen LogP contribution < -0.4 is 21.7 Å². The molecule has 13 heteroatoms. The molecular weight excluding hydrogens is 456 g/mol. The molecule has 0 saturated heterocycles. The summed E-state index contributed by atoms with van der Waals surface area (Å²) in [7, 11) is 0. The molecule has 2 atom stereocenters. The average molecular weight is 489 g/mol. The monoisotopic (exact) mass is 488 g/mol. The van der Waals surface area contributed by atoms with Gasteiger partial charge in [-0.3, -0.25) is 28.8 Å². The molecule has 1 saturated carbocycles. The van der Waals surface area contributed by atoms with Crippen molar-refractivity contribution in [2.75, 3.05) is 18.1 Å². The number of nitrogens with two attached hydrogens (primary N) is 1. The number of aliphatic carboxylic acids is 2. The molecule has 0 aliphatic heterocycles. The summed E-state index contributed by atoms with van der Waals surface area (Å²) in [5.74, 6) is -5.07. The van der Waals surface area contributed by atoms with Crippen LogP contribution in [0.4, 0.5) is 0 Å². The van der Waals surface area contributed by atoms with Gasteiger partial charge in [0, 0.05) is 18.2 Å². The highest BCUT2D eigenvalue weighted by molar-refractivity contribution is 8.00. The first-order valence-corrected chi connectivity index (χ1v) is 11.8. The predicted molar refractivity (Wildman–Crippen MR) is 119 cm³/mol. The molecule has 1 aliphatic rings. The van der Waals surface area contributed by atoms with Crippen LogP contribution in [0.5, 0.6) is 0 Å². The van der Waals surface area contributed by atoms with Gasteiger partial charge in [0.25, 0.3) is 5.91 Å². The Labute approximate surface area is 195 Å². The van der Waals surface area contributed by atoms with Gasteiger partial charge in [-0.25, -0.2) is 0 Å². The van der Waals surface area contributed by atoms with E-state index in [1.165, 1.54) is 0 Å². The smallest absolute Gasteiger partial charge is 0.322 e. The molecule has 3 amide bonds. The van der Waals surface area contributed by atoms with Crippen LogP contribution in [0.25, 0.3) is 0 Å². The molecule has 0 aromatic carbocycles. The number of rotatable bonds is 14. The second-order valence-corrected chi connectivity index (χ2v) is 9.11. The SMILES string of the molecule is CC1CCC(NC(=O)C(=O)CSCC(NC(=O)CCC(N)C(=O)O)C(=O)NCC(=O)O)CC1.